The lowest BCUT2D eigenvalue weighted by atomic mass is 10.1. The van der Waals surface area contributed by atoms with Gasteiger partial charge in [0.1, 0.15) is 5.75 Å². The van der Waals surface area contributed by atoms with Crippen molar-refractivity contribution in [3.63, 3.8) is 0 Å². The maximum absolute atomic E-state index is 11.8. The Morgan fingerprint density at radius 3 is 2.72 bits per heavy atom. The predicted molar refractivity (Wildman–Crippen MR) is 97.7 cm³/mol. The third-order valence-electron chi connectivity index (χ3n) is 3.75. The molecule has 0 bridgehead atoms. The van der Waals surface area contributed by atoms with Crippen molar-refractivity contribution in [3.05, 3.63) is 46.0 Å². The van der Waals surface area contributed by atoms with Crippen LogP contribution in [0.3, 0.4) is 0 Å². The maximum Gasteiger partial charge on any atom is 0.252 e. The maximum atomic E-state index is 11.8. The second kappa shape index (κ2) is 6.88. The summed E-state index contributed by atoms with van der Waals surface area (Å²) in [6, 6.07) is 7.19. The molecule has 0 fully saturated rings. The van der Waals surface area contributed by atoms with Gasteiger partial charge in [0, 0.05) is 11.5 Å². The first-order valence-corrected chi connectivity index (χ1v) is 8.25. The van der Waals surface area contributed by atoms with Gasteiger partial charge in [0.25, 0.3) is 5.56 Å². The second-order valence-corrected chi connectivity index (χ2v) is 6.04. The van der Waals surface area contributed by atoms with Gasteiger partial charge in [-0.25, -0.2) is 15.0 Å². The van der Waals surface area contributed by atoms with E-state index in [0.29, 0.717) is 24.2 Å². The lowest BCUT2D eigenvalue weighted by Gasteiger charge is -2.10. The van der Waals surface area contributed by atoms with Crippen molar-refractivity contribution in [2.75, 3.05) is 11.9 Å². The molecular formula is C18H21N5O2. The minimum absolute atomic E-state index is 0.152. The minimum Gasteiger partial charge on any atom is -0.494 e. The molecule has 0 aliphatic heterocycles. The third kappa shape index (κ3) is 3.76. The number of rotatable bonds is 5. The van der Waals surface area contributed by atoms with Crippen molar-refractivity contribution in [1.29, 1.82) is 0 Å². The van der Waals surface area contributed by atoms with Gasteiger partial charge in [0.15, 0.2) is 0 Å². The summed E-state index contributed by atoms with van der Waals surface area (Å²) in [5.41, 5.74) is 2.11. The van der Waals surface area contributed by atoms with Gasteiger partial charge in [0.2, 0.25) is 11.9 Å². The third-order valence-corrected chi connectivity index (χ3v) is 3.75. The standard InChI is InChI=1S/C18H21N5O2/c1-5-25-12-6-7-14-13(8-12)11(4)19-17(20-14)23-18-21-15(10(2)3)9-16(24)22-18/h6-10H,5H2,1-4H3,(H2,19,20,21,22,23,24). The number of hydrogen-bond acceptors (Lipinski definition) is 6. The number of nitrogens with zero attached hydrogens (tertiary/aromatic N) is 3. The van der Waals surface area contributed by atoms with Crippen LogP contribution in [0.5, 0.6) is 5.75 Å². The molecule has 7 nitrogen and oxygen atoms in total. The lowest BCUT2D eigenvalue weighted by Crippen LogP contribution is -2.13. The van der Waals surface area contributed by atoms with E-state index in [1.807, 2.05) is 45.9 Å². The highest BCUT2D eigenvalue weighted by Gasteiger charge is 2.09. The van der Waals surface area contributed by atoms with Crippen LogP contribution in [-0.2, 0) is 0 Å². The number of hydrogen-bond donors (Lipinski definition) is 2. The van der Waals surface area contributed by atoms with Gasteiger partial charge in [-0.1, -0.05) is 13.8 Å². The fourth-order valence-corrected chi connectivity index (χ4v) is 2.51. The van der Waals surface area contributed by atoms with Crippen LogP contribution in [0.25, 0.3) is 10.9 Å². The first-order chi connectivity index (χ1) is 12.0. The number of fused-ring (bicyclic) bond motifs is 1. The van der Waals surface area contributed by atoms with E-state index in [4.69, 9.17) is 4.74 Å². The van der Waals surface area contributed by atoms with Crippen molar-refractivity contribution < 1.29 is 4.74 Å². The Balaban J connectivity index is 1.97. The normalized spacial score (nSPS) is 11.1. The lowest BCUT2D eigenvalue weighted by molar-refractivity contribution is 0.340. The number of ether oxygens (including phenoxy) is 1. The molecule has 130 valence electrons. The zero-order valence-electron chi connectivity index (χ0n) is 14.8. The topological polar surface area (TPSA) is 92.8 Å². The summed E-state index contributed by atoms with van der Waals surface area (Å²) in [6.07, 6.45) is 0. The number of H-pyrrole nitrogens is 1. The number of aromatic amines is 1. The highest BCUT2D eigenvalue weighted by Crippen LogP contribution is 2.23. The number of nitrogens with one attached hydrogen (secondary N) is 2. The van der Waals surface area contributed by atoms with Crippen molar-refractivity contribution in [1.82, 2.24) is 19.9 Å². The second-order valence-electron chi connectivity index (χ2n) is 6.04. The zero-order valence-corrected chi connectivity index (χ0v) is 14.8. The van der Waals surface area contributed by atoms with Gasteiger partial charge in [-0.05, 0) is 38.0 Å². The molecule has 2 heterocycles. The zero-order chi connectivity index (χ0) is 18.0. The van der Waals surface area contributed by atoms with Gasteiger partial charge in [-0.3, -0.25) is 15.1 Å². The molecule has 0 unspecified atom stereocenters. The Bertz CT molecular complexity index is 965. The Kier molecular flexibility index (Phi) is 4.65. The molecule has 0 atom stereocenters. The first kappa shape index (κ1) is 16.9. The summed E-state index contributed by atoms with van der Waals surface area (Å²) in [5.74, 6) is 1.66. The quantitative estimate of drug-likeness (QED) is 0.741. The molecule has 3 aromatic rings. The molecule has 7 heteroatoms. The van der Waals surface area contributed by atoms with Crippen LogP contribution in [0, 0.1) is 6.92 Å². The monoisotopic (exact) mass is 339 g/mol. The summed E-state index contributed by atoms with van der Waals surface area (Å²) in [6.45, 7) is 8.43. The van der Waals surface area contributed by atoms with E-state index in [1.54, 1.807) is 0 Å². The summed E-state index contributed by atoms with van der Waals surface area (Å²) >= 11 is 0. The first-order valence-electron chi connectivity index (χ1n) is 8.25. The van der Waals surface area contributed by atoms with Crippen LogP contribution in [-0.4, -0.2) is 26.5 Å². The minimum atomic E-state index is -0.208. The van der Waals surface area contributed by atoms with E-state index >= 15 is 0 Å². The van der Waals surface area contributed by atoms with Crippen LogP contribution >= 0.6 is 0 Å². The van der Waals surface area contributed by atoms with Crippen LogP contribution in [0.15, 0.2) is 29.1 Å². The Labute approximate surface area is 145 Å². The van der Waals surface area contributed by atoms with Crippen LogP contribution < -0.4 is 15.6 Å². The van der Waals surface area contributed by atoms with E-state index in [0.717, 1.165) is 22.3 Å². The average Bonchev–Trinajstić information content (AvgIpc) is 2.55. The predicted octanol–water partition coefficient (Wildman–Crippen LogP) is 3.29. The van der Waals surface area contributed by atoms with Crippen LogP contribution in [0.4, 0.5) is 11.9 Å². The van der Waals surface area contributed by atoms with E-state index < -0.39 is 0 Å². The molecule has 0 aliphatic rings. The molecule has 3 rings (SSSR count). The van der Waals surface area contributed by atoms with Crippen molar-refractivity contribution in [2.24, 2.45) is 0 Å². The largest absolute Gasteiger partial charge is 0.494 e. The molecule has 2 aromatic heterocycles. The summed E-state index contributed by atoms with van der Waals surface area (Å²) < 4.78 is 5.52. The van der Waals surface area contributed by atoms with Crippen molar-refractivity contribution in [2.45, 2.75) is 33.6 Å². The molecule has 1 aromatic carbocycles. The fraction of sp³-hybridized carbons (Fsp3) is 0.333. The summed E-state index contributed by atoms with van der Waals surface area (Å²) in [4.78, 5) is 27.8. The molecule has 0 radical (unpaired) electrons. The molecule has 0 saturated carbocycles. The van der Waals surface area contributed by atoms with Gasteiger partial charge < -0.3 is 4.74 Å². The number of aryl methyl sites for hydroxylation is 1. The molecule has 2 N–H and O–H groups in total. The Morgan fingerprint density at radius 1 is 1.20 bits per heavy atom. The Hall–Kier alpha value is -2.96. The average molecular weight is 339 g/mol. The van der Waals surface area contributed by atoms with Gasteiger partial charge >= 0.3 is 0 Å². The van der Waals surface area contributed by atoms with E-state index in [9.17, 15) is 4.79 Å². The molecule has 0 spiro atoms. The van der Waals surface area contributed by atoms with Crippen molar-refractivity contribution >= 4 is 22.8 Å². The highest BCUT2D eigenvalue weighted by atomic mass is 16.5. The van der Waals surface area contributed by atoms with Gasteiger partial charge in [-0.2, -0.15) is 0 Å². The summed E-state index contributed by atoms with van der Waals surface area (Å²) in [7, 11) is 0. The number of aromatic nitrogens is 4. The van der Waals surface area contributed by atoms with E-state index in [-0.39, 0.29) is 11.5 Å². The van der Waals surface area contributed by atoms with Crippen molar-refractivity contribution in [3.8, 4) is 5.75 Å². The van der Waals surface area contributed by atoms with Crippen LogP contribution in [0.1, 0.15) is 38.1 Å². The summed E-state index contributed by atoms with van der Waals surface area (Å²) in [5, 5.41) is 3.92. The smallest absolute Gasteiger partial charge is 0.252 e. The molecule has 0 saturated heterocycles. The molecular weight excluding hydrogens is 318 g/mol. The molecule has 25 heavy (non-hydrogen) atoms. The Morgan fingerprint density at radius 2 is 2.00 bits per heavy atom. The SMILES string of the molecule is CCOc1ccc2nc(Nc3nc(C(C)C)cc(=O)[nH]3)nc(C)c2c1. The van der Waals surface area contributed by atoms with E-state index in [2.05, 4.69) is 25.3 Å². The van der Waals surface area contributed by atoms with Gasteiger partial charge in [0.05, 0.1) is 23.5 Å². The number of benzene rings is 1. The molecule has 0 aliphatic carbocycles. The van der Waals surface area contributed by atoms with Crippen LogP contribution in [0.2, 0.25) is 0 Å². The van der Waals surface area contributed by atoms with Gasteiger partial charge in [-0.15, -0.1) is 0 Å². The molecule has 0 amide bonds. The van der Waals surface area contributed by atoms with E-state index in [1.165, 1.54) is 6.07 Å². The highest BCUT2D eigenvalue weighted by molar-refractivity contribution is 5.83. The number of anilines is 2. The fourth-order valence-electron chi connectivity index (χ4n) is 2.51.